The number of rotatable bonds is 7. The predicted molar refractivity (Wildman–Crippen MR) is 95.8 cm³/mol. The molecule has 7 heteroatoms. The highest BCUT2D eigenvalue weighted by Gasteiger charge is 2.08. The fraction of sp³-hybridized carbons (Fsp3) is 0.222. The lowest BCUT2D eigenvalue weighted by atomic mass is 10.1. The Hall–Kier alpha value is -3.06. The summed E-state index contributed by atoms with van der Waals surface area (Å²) in [5, 5.41) is 2.86. The number of hydrazine groups is 1. The molecule has 2 amide bonds. The summed E-state index contributed by atoms with van der Waals surface area (Å²) in [6.07, 6.45) is 0. The molecule has 0 radical (unpaired) electrons. The van der Waals surface area contributed by atoms with Crippen LogP contribution in [-0.2, 0) is 9.53 Å². The third kappa shape index (κ3) is 5.22. The van der Waals surface area contributed by atoms with Gasteiger partial charge in [-0.15, -0.1) is 0 Å². The largest absolute Gasteiger partial charge is 0.497 e. The predicted octanol–water partition coefficient (Wildman–Crippen LogP) is 2.35. The molecular formula is C18H21N3O4. The van der Waals surface area contributed by atoms with Crippen molar-refractivity contribution in [3.63, 3.8) is 0 Å². The van der Waals surface area contributed by atoms with E-state index in [0.717, 1.165) is 17.0 Å². The molecule has 0 aromatic heterocycles. The molecule has 0 aliphatic rings. The Morgan fingerprint density at radius 1 is 1.04 bits per heavy atom. The van der Waals surface area contributed by atoms with Gasteiger partial charge in [0.25, 0.3) is 11.8 Å². The van der Waals surface area contributed by atoms with E-state index in [1.165, 1.54) is 7.11 Å². The van der Waals surface area contributed by atoms with Gasteiger partial charge in [-0.05, 0) is 55.0 Å². The summed E-state index contributed by atoms with van der Waals surface area (Å²) in [6, 6.07) is 12.2. The number of nitrogens with one attached hydrogen (secondary N) is 3. The van der Waals surface area contributed by atoms with Crippen LogP contribution in [0.5, 0.6) is 5.75 Å². The summed E-state index contributed by atoms with van der Waals surface area (Å²) >= 11 is 0. The Bertz CT molecular complexity index is 744. The molecule has 7 nitrogen and oxygen atoms in total. The van der Waals surface area contributed by atoms with E-state index in [1.807, 2.05) is 13.0 Å². The zero-order chi connectivity index (χ0) is 18.2. The maximum atomic E-state index is 12.3. The number of ether oxygens (including phenoxy) is 2. The molecule has 0 bridgehead atoms. The molecule has 25 heavy (non-hydrogen) atoms. The van der Waals surface area contributed by atoms with Crippen molar-refractivity contribution >= 4 is 23.2 Å². The van der Waals surface area contributed by atoms with Gasteiger partial charge in [-0.1, -0.05) is 0 Å². The molecule has 0 atom stereocenters. The summed E-state index contributed by atoms with van der Waals surface area (Å²) in [5.74, 6) is 0.226. The van der Waals surface area contributed by atoms with E-state index in [-0.39, 0.29) is 18.4 Å². The third-order valence-electron chi connectivity index (χ3n) is 3.45. The van der Waals surface area contributed by atoms with E-state index in [0.29, 0.717) is 11.3 Å². The lowest BCUT2D eigenvalue weighted by Gasteiger charge is -2.11. The van der Waals surface area contributed by atoms with E-state index in [2.05, 4.69) is 16.2 Å². The molecule has 0 aliphatic carbocycles. The van der Waals surface area contributed by atoms with Crippen LogP contribution in [0.1, 0.15) is 15.9 Å². The van der Waals surface area contributed by atoms with Gasteiger partial charge >= 0.3 is 0 Å². The first-order chi connectivity index (χ1) is 12.0. The molecule has 2 aromatic carbocycles. The molecule has 132 valence electrons. The first-order valence-corrected chi connectivity index (χ1v) is 7.63. The zero-order valence-electron chi connectivity index (χ0n) is 14.4. The molecular weight excluding hydrogens is 322 g/mol. The summed E-state index contributed by atoms with van der Waals surface area (Å²) in [5.41, 5.74) is 8.01. The molecule has 0 saturated heterocycles. The summed E-state index contributed by atoms with van der Waals surface area (Å²) in [6.45, 7) is 1.86. The van der Waals surface area contributed by atoms with E-state index < -0.39 is 0 Å². The van der Waals surface area contributed by atoms with E-state index in [9.17, 15) is 9.59 Å². The van der Waals surface area contributed by atoms with Gasteiger partial charge in [0.2, 0.25) is 0 Å². The SMILES string of the molecule is COCC(=O)NNc1ccc(C(=O)Nc2ccc(OC)cc2C)cc1. The highest BCUT2D eigenvalue weighted by Crippen LogP contribution is 2.21. The number of carbonyl (C=O) groups excluding carboxylic acids is 2. The van der Waals surface area contributed by atoms with Crippen molar-refractivity contribution < 1.29 is 19.1 Å². The Morgan fingerprint density at radius 2 is 1.76 bits per heavy atom. The van der Waals surface area contributed by atoms with Crippen molar-refractivity contribution in [3.8, 4) is 5.75 Å². The molecule has 0 aliphatic heterocycles. The number of hydrogen-bond donors (Lipinski definition) is 3. The molecule has 0 heterocycles. The minimum Gasteiger partial charge on any atom is -0.497 e. The van der Waals surface area contributed by atoms with Gasteiger partial charge < -0.3 is 14.8 Å². The van der Waals surface area contributed by atoms with Gasteiger partial charge in [-0.25, -0.2) is 0 Å². The van der Waals surface area contributed by atoms with Gasteiger partial charge in [0.15, 0.2) is 0 Å². The minimum atomic E-state index is -0.292. The summed E-state index contributed by atoms with van der Waals surface area (Å²) in [7, 11) is 3.04. The van der Waals surface area contributed by atoms with Crippen LogP contribution in [0.15, 0.2) is 42.5 Å². The Labute approximate surface area is 146 Å². The van der Waals surface area contributed by atoms with Crippen LogP contribution in [0, 0.1) is 6.92 Å². The van der Waals surface area contributed by atoms with Crippen LogP contribution < -0.4 is 20.9 Å². The Kier molecular flexibility index (Phi) is 6.36. The molecule has 0 saturated carbocycles. The van der Waals surface area contributed by atoms with Crippen LogP contribution in [0.2, 0.25) is 0 Å². The average molecular weight is 343 g/mol. The van der Waals surface area contributed by atoms with E-state index in [1.54, 1.807) is 43.5 Å². The number of methoxy groups -OCH3 is 2. The second-order valence-electron chi connectivity index (χ2n) is 5.32. The van der Waals surface area contributed by atoms with Crippen LogP contribution in [0.3, 0.4) is 0 Å². The van der Waals surface area contributed by atoms with Crippen LogP contribution in [0.4, 0.5) is 11.4 Å². The van der Waals surface area contributed by atoms with Crippen molar-refractivity contribution in [2.45, 2.75) is 6.92 Å². The van der Waals surface area contributed by atoms with Crippen molar-refractivity contribution in [2.24, 2.45) is 0 Å². The second kappa shape index (κ2) is 8.70. The standard InChI is InChI=1S/C18H21N3O4/c1-12-10-15(25-3)8-9-16(12)19-18(23)13-4-6-14(7-5-13)20-21-17(22)11-24-2/h4-10,20H,11H2,1-3H3,(H,19,23)(H,21,22). The van der Waals surface area contributed by atoms with Crippen molar-refractivity contribution in [1.29, 1.82) is 0 Å². The highest BCUT2D eigenvalue weighted by atomic mass is 16.5. The first kappa shape index (κ1) is 18.3. The molecule has 2 aromatic rings. The van der Waals surface area contributed by atoms with Crippen LogP contribution in [0.25, 0.3) is 0 Å². The maximum absolute atomic E-state index is 12.3. The smallest absolute Gasteiger partial charge is 0.264 e. The van der Waals surface area contributed by atoms with Crippen LogP contribution in [-0.4, -0.2) is 32.6 Å². The normalized spacial score (nSPS) is 10.0. The monoisotopic (exact) mass is 343 g/mol. The molecule has 3 N–H and O–H groups in total. The highest BCUT2D eigenvalue weighted by molar-refractivity contribution is 6.04. The molecule has 0 spiro atoms. The maximum Gasteiger partial charge on any atom is 0.264 e. The summed E-state index contributed by atoms with van der Waals surface area (Å²) in [4.78, 5) is 23.6. The Morgan fingerprint density at radius 3 is 2.36 bits per heavy atom. The number of amides is 2. The Balaban J connectivity index is 1.97. The lowest BCUT2D eigenvalue weighted by Crippen LogP contribution is -2.32. The first-order valence-electron chi connectivity index (χ1n) is 7.63. The average Bonchev–Trinajstić information content (AvgIpc) is 2.62. The quantitative estimate of drug-likeness (QED) is 0.672. The lowest BCUT2D eigenvalue weighted by molar-refractivity contribution is -0.124. The number of benzene rings is 2. The van der Waals surface area contributed by atoms with Gasteiger partial charge in [-0.2, -0.15) is 0 Å². The molecule has 0 fully saturated rings. The van der Waals surface area contributed by atoms with Gasteiger partial charge in [-0.3, -0.25) is 20.4 Å². The topological polar surface area (TPSA) is 88.7 Å². The fourth-order valence-electron chi connectivity index (χ4n) is 2.11. The van der Waals surface area contributed by atoms with Gasteiger partial charge in [0.1, 0.15) is 12.4 Å². The number of carbonyl (C=O) groups is 2. The van der Waals surface area contributed by atoms with E-state index >= 15 is 0 Å². The van der Waals surface area contributed by atoms with Crippen LogP contribution >= 0.6 is 0 Å². The number of anilines is 2. The van der Waals surface area contributed by atoms with Gasteiger partial charge in [0, 0.05) is 18.4 Å². The van der Waals surface area contributed by atoms with Crippen molar-refractivity contribution in [1.82, 2.24) is 5.43 Å². The number of aryl methyl sites for hydroxylation is 1. The minimum absolute atomic E-state index is 0.0330. The number of hydrogen-bond acceptors (Lipinski definition) is 5. The van der Waals surface area contributed by atoms with Crippen molar-refractivity contribution in [2.75, 3.05) is 31.6 Å². The zero-order valence-corrected chi connectivity index (χ0v) is 14.4. The van der Waals surface area contributed by atoms with E-state index in [4.69, 9.17) is 9.47 Å². The molecule has 0 unspecified atom stereocenters. The fourth-order valence-corrected chi connectivity index (χ4v) is 2.11. The third-order valence-corrected chi connectivity index (χ3v) is 3.45. The van der Waals surface area contributed by atoms with Gasteiger partial charge in [0.05, 0.1) is 12.8 Å². The summed E-state index contributed by atoms with van der Waals surface area (Å²) < 4.78 is 9.86. The van der Waals surface area contributed by atoms with Crippen molar-refractivity contribution in [3.05, 3.63) is 53.6 Å². The molecule has 2 rings (SSSR count). The second-order valence-corrected chi connectivity index (χ2v) is 5.32.